The van der Waals surface area contributed by atoms with Crippen molar-refractivity contribution >= 4 is 17.5 Å². The fourth-order valence-electron chi connectivity index (χ4n) is 4.69. The smallest absolute Gasteiger partial charge is 0.228 e. The molecular formula is C27H31FN8O. The number of benzene rings is 1. The molecule has 37 heavy (non-hydrogen) atoms. The standard InChI is InChI=1S/C27H31FN8O/c1-18(2)36-10-11-37-26-22(28)12-20(13-23(26)36)25-21(14-29)16-31-27(33-25)32-24-5-4-19(15-30-24)17-35-8-6-34(3)7-9-35/h4-5,12-13,15-16,18H,6-11,17H2,1-3H3,(H,30,31,32,33). The fraction of sp³-hybridized carbons (Fsp3) is 0.407. The normalized spacial score (nSPS) is 16.3. The van der Waals surface area contributed by atoms with E-state index in [0.29, 0.717) is 35.9 Å². The lowest BCUT2D eigenvalue weighted by Gasteiger charge is -2.34. The van der Waals surface area contributed by atoms with Gasteiger partial charge >= 0.3 is 0 Å². The monoisotopic (exact) mass is 502 g/mol. The number of nitriles is 1. The zero-order valence-corrected chi connectivity index (χ0v) is 21.4. The number of rotatable bonds is 6. The second-order valence-electron chi connectivity index (χ2n) is 9.77. The van der Waals surface area contributed by atoms with Crippen molar-refractivity contribution in [1.82, 2.24) is 24.8 Å². The quantitative estimate of drug-likeness (QED) is 0.542. The second kappa shape index (κ2) is 10.7. The number of hydrogen-bond donors (Lipinski definition) is 1. The molecule has 0 spiro atoms. The summed E-state index contributed by atoms with van der Waals surface area (Å²) in [5.41, 5.74) is 2.89. The van der Waals surface area contributed by atoms with Crippen molar-refractivity contribution in [3.63, 3.8) is 0 Å². The lowest BCUT2D eigenvalue weighted by Crippen LogP contribution is -2.43. The Morgan fingerprint density at radius 2 is 1.92 bits per heavy atom. The van der Waals surface area contributed by atoms with E-state index in [1.165, 1.54) is 12.3 Å². The number of likely N-dealkylation sites (N-methyl/N-ethyl adjacent to an activating group) is 1. The summed E-state index contributed by atoms with van der Waals surface area (Å²) in [4.78, 5) is 20.2. The predicted octanol–water partition coefficient (Wildman–Crippen LogP) is 3.65. The highest BCUT2D eigenvalue weighted by Crippen LogP contribution is 2.39. The minimum atomic E-state index is -0.479. The van der Waals surface area contributed by atoms with Crippen LogP contribution in [0.1, 0.15) is 25.0 Å². The van der Waals surface area contributed by atoms with Crippen LogP contribution in [0.4, 0.5) is 21.8 Å². The summed E-state index contributed by atoms with van der Waals surface area (Å²) < 4.78 is 20.7. The average Bonchev–Trinajstić information content (AvgIpc) is 2.90. The van der Waals surface area contributed by atoms with Gasteiger partial charge in [-0.1, -0.05) is 6.07 Å². The molecule has 9 nitrogen and oxygen atoms in total. The summed E-state index contributed by atoms with van der Waals surface area (Å²) >= 11 is 0. The summed E-state index contributed by atoms with van der Waals surface area (Å²) in [5.74, 6) is 0.625. The summed E-state index contributed by atoms with van der Waals surface area (Å²) in [6.07, 6.45) is 3.30. The number of piperazine rings is 1. The Hall–Kier alpha value is -3.81. The SMILES string of the molecule is CC(C)N1CCOc2c(F)cc(-c3nc(Nc4ccc(CN5CCN(C)CC5)cn4)ncc3C#N)cc21. The third-order valence-electron chi connectivity index (χ3n) is 6.78. The molecule has 1 N–H and O–H groups in total. The molecule has 5 rings (SSSR count). The van der Waals surface area contributed by atoms with Crippen LogP contribution in [0, 0.1) is 17.1 Å². The number of pyridine rings is 1. The molecule has 4 heterocycles. The first-order valence-electron chi connectivity index (χ1n) is 12.5. The Bertz CT molecular complexity index is 1300. The number of anilines is 3. The highest BCUT2D eigenvalue weighted by molar-refractivity contribution is 5.75. The van der Waals surface area contributed by atoms with Gasteiger partial charge in [0.2, 0.25) is 5.95 Å². The Morgan fingerprint density at radius 1 is 1.11 bits per heavy atom. The maximum Gasteiger partial charge on any atom is 0.228 e. The molecule has 3 aromatic rings. The van der Waals surface area contributed by atoms with E-state index in [9.17, 15) is 5.26 Å². The Kier molecular flexibility index (Phi) is 7.17. The van der Waals surface area contributed by atoms with E-state index in [1.807, 2.05) is 24.4 Å². The van der Waals surface area contributed by atoms with Gasteiger partial charge < -0.3 is 19.9 Å². The third-order valence-corrected chi connectivity index (χ3v) is 6.78. The van der Waals surface area contributed by atoms with E-state index in [2.05, 4.69) is 61.9 Å². The topological polar surface area (TPSA) is 93.4 Å². The lowest BCUT2D eigenvalue weighted by atomic mass is 10.0. The zero-order valence-electron chi connectivity index (χ0n) is 21.4. The number of halogens is 1. The molecular weight excluding hydrogens is 471 g/mol. The van der Waals surface area contributed by atoms with Crippen LogP contribution in [0.3, 0.4) is 0 Å². The molecule has 1 aromatic carbocycles. The maximum atomic E-state index is 15.1. The van der Waals surface area contributed by atoms with Crippen LogP contribution in [0.5, 0.6) is 5.75 Å². The number of ether oxygens (including phenoxy) is 1. The van der Waals surface area contributed by atoms with Gasteiger partial charge in [-0.3, -0.25) is 4.90 Å². The van der Waals surface area contributed by atoms with Crippen LogP contribution in [-0.4, -0.2) is 77.2 Å². The fourth-order valence-corrected chi connectivity index (χ4v) is 4.69. The molecule has 0 unspecified atom stereocenters. The van der Waals surface area contributed by atoms with Crippen LogP contribution < -0.4 is 15.0 Å². The minimum absolute atomic E-state index is 0.167. The highest BCUT2D eigenvalue weighted by atomic mass is 19.1. The van der Waals surface area contributed by atoms with Gasteiger partial charge in [0.05, 0.1) is 29.7 Å². The van der Waals surface area contributed by atoms with E-state index in [-0.39, 0.29) is 23.3 Å². The van der Waals surface area contributed by atoms with Gasteiger partial charge in [-0.15, -0.1) is 0 Å². The van der Waals surface area contributed by atoms with Gasteiger partial charge in [-0.25, -0.2) is 19.3 Å². The van der Waals surface area contributed by atoms with Crippen molar-refractivity contribution in [2.75, 3.05) is 56.6 Å². The molecule has 0 saturated carbocycles. The Morgan fingerprint density at radius 3 is 2.62 bits per heavy atom. The molecule has 2 aliphatic rings. The van der Waals surface area contributed by atoms with E-state index >= 15 is 4.39 Å². The Balaban J connectivity index is 1.37. The molecule has 2 aliphatic heterocycles. The molecule has 0 bridgehead atoms. The molecule has 0 atom stereocenters. The van der Waals surface area contributed by atoms with Crippen molar-refractivity contribution in [3.8, 4) is 23.1 Å². The van der Waals surface area contributed by atoms with E-state index in [1.54, 1.807) is 0 Å². The molecule has 1 saturated heterocycles. The molecule has 0 radical (unpaired) electrons. The van der Waals surface area contributed by atoms with Gasteiger partial charge in [0.25, 0.3) is 0 Å². The van der Waals surface area contributed by atoms with Gasteiger partial charge in [0.15, 0.2) is 11.6 Å². The first-order valence-corrected chi connectivity index (χ1v) is 12.5. The lowest BCUT2D eigenvalue weighted by molar-refractivity contribution is 0.148. The van der Waals surface area contributed by atoms with E-state index in [0.717, 1.165) is 38.3 Å². The second-order valence-corrected chi connectivity index (χ2v) is 9.77. The van der Waals surface area contributed by atoms with E-state index in [4.69, 9.17) is 4.74 Å². The van der Waals surface area contributed by atoms with Gasteiger partial charge in [-0.05, 0) is 44.7 Å². The van der Waals surface area contributed by atoms with Gasteiger partial charge in [0.1, 0.15) is 18.5 Å². The van der Waals surface area contributed by atoms with Crippen LogP contribution in [0.15, 0.2) is 36.7 Å². The van der Waals surface area contributed by atoms with Crippen molar-refractivity contribution in [2.45, 2.75) is 26.4 Å². The zero-order chi connectivity index (χ0) is 25.9. The number of nitrogens with one attached hydrogen (secondary N) is 1. The van der Waals surface area contributed by atoms with Crippen LogP contribution in [0.25, 0.3) is 11.3 Å². The first-order chi connectivity index (χ1) is 17.9. The molecule has 0 amide bonds. The maximum absolute atomic E-state index is 15.1. The van der Waals surface area contributed by atoms with Crippen molar-refractivity contribution in [3.05, 3.63) is 53.6 Å². The third kappa shape index (κ3) is 5.48. The molecule has 10 heteroatoms. The largest absolute Gasteiger partial charge is 0.486 e. The van der Waals surface area contributed by atoms with Gasteiger partial charge in [0, 0.05) is 50.5 Å². The average molecular weight is 503 g/mol. The number of aromatic nitrogens is 3. The molecule has 192 valence electrons. The highest BCUT2D eigenvalue weighted by Gasteiger charge is 2.25. The van der Waals surface area contributed by atoms with Crippen molar-refractivity contribution < 1.29 is 9.13 Å². The number of hydrogen-bond acceptors (Lipinski definition) is 9. The first kappa shape index (κ1) is 24.9. The van der Waals surface area contributed by atoms with Crippen molar-refractivity contribution in [2.24, 2.45) is 0 Å². The molecule has 0 aliphatic carbocycles. The van der Waals surface area contributed by atoms with Crippen molar-refractivity contribution in [1.29, 1.82) is 5.26 Å². The summed E-state index contributed by atoms with van der Waals surface area (Å²) in [5, 5.41) is 12.8. The number of nitrogens with zero attached hydrogens (tertiary/aromatic N) is 7. The molecule has 1 fully saturated rings. The van der Waals surface area contributed by atoms with Crippen LogP contribution >= 0.6 is 0 Å². The van der Waals surface area contributed by atoms with Crippen LogP contribution in [0.2, 0.25) is 0 Å². The van der Waals surface area contributed by atoms with E-state index < -0.39 is 5.82 Å². The summed E-state index contributed by atoms with van der Waals surface area (Å²) in [6.45, 7) is 10.3. The van der Waals surface area contributed by atoms with Gasteiger partial charge in [-0.2, -0.15) is 5.26 Å². The minimum Gasteiger partial charge on any atom is -0.486 e. The van der Waals surface area contributed by atoms with Crippen LogP contribution in [-0.2, 0) is 6.54 Å². The summed E-state index contributed by atoms with van der Waals surface area (Å²) in [6, 6.07) is 9.41. The summed E-state index contributed by atoms with van der Waals surface area (Å²) in [7, 11) is 2.15. The molecule has 2 aromatic heterocycles. The predicted molar refractivity (Wildman–Crippen MR) is 140 cm³/mol. The Labute approximate surface area is 216 Å². The number of fused-ring (bicyclic) bond motifs is 1.